The number of hydrogen-bond donors (Lipinski definition) is 1. The quantitative estimate of drug-likeness (QED) is 0.841. The predicted octanol–water partition coefficient (Wildman–Crippen LogP) is 2.55. The van der Waals surface area contributed by atoms with Gasteiger partial charge in [-0.2, -0.15) is 0 Å². The highest BCUT2D eigenvalue weighted by Crippen LogP contribution is 2.41. The average Bonchev–Trinajstić information content (AvgIpc) is 3.15. The third-order valence-electron chi connectivity index (χ3n) is 3.57. The van der Waals surface area contributed by atoms with E-state index in [9.17, 15) is 0 Å². The Morgan fingerprint density at radius 2 is 2.22 bits per heavy atom. The van der Waals surface area contributed by atoms with Gasteiger partial charge in [0.25, 0.3) is 0 Å². The van der Waals surface area contributed by atoms with E-state index < -0.39 is 0 Å². The highest BCUT2D eigenvalue weighted by molar-refractivity contribution is 5.20. The zero-order chi connectivity index (χ0) is 13.1. The van der Waals surface area contributed by atoms with Crippen molar-refractivity contribution in [3.63, 3.8) is 0 Å². The van der Waals surface area contributed by atoms with Crippen LogP contribution in [0.3, 0.4) is 0 Å². The molecule has 0 bridgehead atoms. The van der Waals surface area contributed by atoms with Crippen molar-refractivity contribution in [2.45, 2.75) is 45.8 Å². The monoisotopic (exact) mass is 249 g/mol. The minimum absolute atomic E-state index is 0.0761. The summed E-state index contributed by atoms with van der Waals surface area (Å²) in [6.07, 6.45) is 4.49. The van der Waals surface area contributed by atoms with Gasteiger partial charge in [-0.05, 0) is 39.2 Å². The summed E-state index contributed by atoms with van der Waals surface area (Å²) >= 11 is 0. The second-order valence-electron chi connectivity index (χ2n) is 5.04. The molecule has 2 atom stereocenters. The van der Waals surface area contributed by atoms with Crippen LogP contribution in [0, 0.1) is 12.8 Å². The molecule has 1 heterocycles. The van der Waals surface area contributed by atoms with Gasteiger partial charge in [0.1, 0.15) is 6.10 Å². The smallest absolute Gasteiger partial charge is 0.157 e. The van der Waals surface area contributed by atoms with E-state index in [0.29, 0.717) is 12.0 Å². The summed E-state index contributed by atoms with van der Waals surface area (Å²) < 4.78 is 5.52. The third-order valence-corrected chi connectivity index (χ3v) is 3.57. The maximum atomic E-state index is 5.52. The zero-order valence-electron chi connectivity index (χ0n) is 11.7. The van der Waals surface area contributed by atoms with Gasteiger partial charge < -0.3 is 10.1 Å². The molecular weight excluding hydrogens is 226 g/mol. The lowest BCUT2D eigenvalue weighted by atomic mass is 10.1. The summed E-state index contributed by atoms with van der Waals surface area (Å²) in [7, 11) is 1.75. The van der Waals surface area contributed by atoms with Crippen molar-refractivity contribution in [3.8, 4) is 0 Å². The lowest BCUT2D eigenvalue weighted by molar-refractivity contribution is 0.0770. The highest BCUT2D eigenvalue weighted by Gasteiger charge is 2.34. The molecule has 2 unspecified atom stereocenters. The molecule has 1 N–H and O–H groups in total. The predicted molar refractivity (Wildman–Crippen MR) is 71.3 cm³/mol. The van der Waals surface area contributed by atoms with Crippen LogP contribution in [0.25, 0.3) is 0 Å². The molecule has 100 valence electrons. The number of nitrogens with zero attached hydrogens (tertiary/aromatic N) is 2. The Morgan fingerprint density at radius 1 is 1.50 bits per heavy atom. The van der Waals surface area contributed by atoms with Gasteiger partial charge in [0.15, 0.2) is 5.82 Å². The fraction of sp³-hybridized carbons (Fsp3) is 0.714. The van der Waals surface area contributed by atoms with Crippen molar-refractivity contribution in [1.82, 2.24) is 15.3 Å². The maximum Gasteiger partial charge on any atom is 0.157 e. The number of aryl methyl sites for hydroxylation is 1. The summed E-state index contributed by atoms with van der Waals surface area (Å²) in [4.78, 5) is 9.13. The van der Waals surface area contributed by atoms with E-state index in [1.807, 2.05) is 13.1 Å². The van der Waals surface area contributed by atoms with E-state index in [1.54, 1.807) is 7.11 Å². The number of ether oxygens (including phenoxy) is 1. The largest absolute Gasteiger partial charge is 0.373 e. The number of methoxy groups -OCH3 is 1. The van der Waals surface area contributed by atoms with Crippen molar-refractivity contribution >= 4 is 0 Å². The molecule has 4 heteroatoms. The lowest BCUT2D eigenvalue weighted by Crippen LogP contribution is -2.20. The van der Waals surface area contributed by atoms with E-state index in [4.69, 9.17) is 4.74 Å². The van der Waals surface area contributed by atoms with Gasteiger partial charge in [-0.1, -0.05) is 6.92 Å². The Balaban J connectivity index is 2.18. The van der Waals surface area contributed by atoms with Crippen LogP contribution in [-0.4, -0.2) is 23.6 Å². The van der Waals surface area contributed by atoms with Gasteiger partial charge >= 0.3 is 0 Å². The number of hydrogen-bond acceptors (Lipinski definition) is 4. The first kappa shape index (κ1) is 13.4. The van der Waals surface area contributed by atoms with Crippen LogP contribution in [0.4, 0.5) is 0 Å². The molecule has 4 nitrogen and oxygen atoms in total. The van der Waals surface area contributed by atoms with Crippen LogP contribution in [0.2, 0.25) is 0 Å². The van der Waals surface area contributed by atoms with Crippen molar-refractivity contribution in [3.05, 3.63) is 23.3 Å². The molecule has 1 aliphatic carbocycles. The first-order valence-corrected chi connectivity index (χ1v) is 6.77. The molecule has 18 heavy (non-hydrogen) atoms. The van der Waals surface area contributed by atoms with Crippen LogP contribution in [0.1, 0.15) is 55.9 Å². The molecule has 1 aromatic heterocycles. The third kappa shape index (κ3) is 2.87. The first-order chi connectivity index (χ1) is 8.67. The average molecular weight is 249 g/mol. The van der Waals surface area contributed by atoms with Gasteiger partial charge in [0.2, 0.25) is 0 Å². The molecule has 1 fully saturated rings. The summed E-state index contributed by atoms with van der Waals surface area (Å²) in [5.74, 6) is 1.45. The van der Waals surface area contributed by atoms with Crippen LogP contribution in [-0.2, 0) is 4.74 Å². The number of nitrogens with one attached hydrogen (secondary N) is 1. The molecule has 0 amide bonds. The number of rotatable bonds is 6. The van der Waals surface area contributed by atoms with Gasteiger partial charge in [-0.25, -0.2) is 9.97 Å². The van der Waals surface area contributed by atoms with Gasteiger partial charge in [-0.3, -0.25) is 0 Å². The molecule has 0 aromatic carbocycles. The molecule has 1 aliphatic rings. The van der Waals surface area contributed by atoms with Gasteiger partial charge in [0, 0.05) is 30.6 Å². The Kier molecular flexibility index (Phi) is 4.30. The maximum absolute atomic E-state index is 5.52. The first-order valence-electron chi connectivity index (χ1n) is 6.77. The van der Waals surface area contributed by atoms with Gasteiger partial charge in [-0.15, -0.1) is 0 Å². The molecule has 1 aromatic rings. The minimum Gasteiger partial charge on any atom is -0.373 e. The van der Waals surface area contributed by atoms with Gasteiger partial charge in [0.05, 0.1) is 0 Å². The van der Waals surface area contributed by atoms with Crippen LogP contribution in [0.5, 0.6) is 0 Å². The Labute approximate surface area is 109 Å². The Bertz CT molecular complexity index is 404. The molecular formula is C14H23N3O. The summed E-state index contributed by atoms with van der Waals surface area (Å²) in [6.45, 7) is 7.25. The summed E-state index contributed by atoms with van der Waals surface area (Å²) in [5.41, 5.74) is 2.22. The van der Waals surface area contributed by atoms with Crippen LogP contribution < -0.4 is 5.32 Å². The summed E-state index contributed by atoms with van der Waals surface area (Å²) in [6, 6.07) is 0.297. The van der Waals surface area contributed by atoms with Crippen molar-refractivity contribution in [1.29, 1.82) is 0 Å². The fourth-order valence-electron chi connectivity index (χ4n) is 2.38. The van der Waals surface area contributed by atoms with Crippen molar-refractivity contribution in [2.24, 2.45) is 5.92 Å². The SMILES string of the molecule is CCNC(C)c1cnc(C(OC)C2CC2)nc1C. The second kappa shape index (κ2) is 5.76. The minimum atomic E-state index is 0.0761. The molecule has 0 aliphatic heterocycles. The molecule has 0 spiro atoms. The second-order valence-corrected chi connectivity index (χ2v) is 5.04. The number of aromatic nitrogens is 2. The molecule has 0 saturated heterocycles. The zero-order valence-corrected chi connectivity index (χ0v) is 11.7. The van der Waals surface area contributed by atoms with Crippen LogP contribution in [0.15, 0.2) is 6.20 Å². The van der Waals surface area contributed by atoms with E-state index in [2.05, 4.69) is 29.1 Å². The van der Waals surface area contributed by atoms with E-state index >= 15 is 0 Å². The van der Waals surface area contributed by atoms with E-state index in [1.165, 1.54) is 18.4 Å². The van der Waals surface area contributed by atoms with Crippen molar-refractivity contribution in [2.75, 3.05) is 13.7 Å². The highest BCUT2D eigenvalue weighted by atomic mass is 16.5. The topological polar surface area (TPSA) is 47.0 Å². The normalized spacial score (nSPS) is 18.7. The Morgan fingerprint density at radius 3 is 2.72 bits per heavy atom. The van der Waals surface area contributed by atoms with Crippen LogP contribution >= 0.6 is 0 Å². The molecule has 2 rings (SSSR count). The van der Waals surface area contributed by atoms with E-state index in [-0.39, 0.29) is 6.10 Å². The standard InChI is InChI=1S/C14H23N3O/c1-5-15-9(2)12-8-16-14(17-10(12)3)13(18-4)11-6-7-11/h8-9,11,13,15H,5-7H2,1-4H3. The van der Waals surface area contributed by atoms with E-state index in [0.717, 1.165) is 18.1 Å². The molecule has 1 saturated carbocycles. The fourth-order valence-corrected chi connectivity index (χ4v) is 2.38. The summed E-state index contributed by atoms with van der Waals surface area (Å²) in [5, 5.41) is 3.39. The Hall–Kier alpha value is -1.00. The lowest BCUT2D eigenvalue weighted by Gasteiger charge is -2.17. The van der Waals surface area contributed by atoms with Crippen molar-refractivity contribution < 1.29 is 4.74 Å². The molecule has 0 radical (unpaired) electrons.